The number of thioether (sulfide) groups is 1. The van der Waals surface area contributed by atoms with Crippen LogP contribution in [0, 0.1) is 0 Å². The molecule has 0 saturated carbocycles. The van der Waals surface area contributed by atoms with Gasteiger partial charge in [0.2, 0.25) is 0 Å². The summed E-state index contributed by atoms with van der Waals surface area (Å²) in [5, 5.41) is 12.3. The second kappa shape index (κ2) is 10.7. The van der Waals surface area contributed by atoms with Gasteiger partial charge < -0.3 is 9.88 Å². The van der Waals surface area contributed by atoms with Crippen LogP contribution in [0.15, 0.2) is 70.8 Å². The van der Waals surface area contributed by atoms with Crippen LogP contribution in [0.3, 0.4) is 0 Å². The van der Waals surface area contributed by atoms with Crippen LogP contribution in [-0.2, 0) is 6.54 Å². The van der Waals surface area contributed by atoms with Gasteiger partial charge in [-0.3, -0.25) is 9.59 Å². The zero-order chi connectivity index (χ0) is 22.4. The highest BCUT2D eigenvalue weighted by molar-refractivity contribution is 9.10. The van der Waals surface area contributed by atoms with Crippen LogP contribution in [0.5, 0.6) is 0 Å². The molecule has 31 heavy (non-hydrogen) atoms. The van der Waals surface area contributed by atoms with E-state index in [4.69, 9.17) is 11.6 Å². The molecule has 1 atom stereocenters. The zero-order valence-electron chi connectivity index (χ0n) is 16.7. The number of halogens is 2. The summed E-state index contributed by atoms with van der Waals surface area (Å²) in [6, 6.07) is 13.6. The monoisotopic (exact) mass is 518 g/mol. The van der Waals surface area contributed by atoms with Gasteiger partial charge in [0.15, 0.2) is 16.8 Å². The minimum absolute atomic E-state index is 0.00715. The van der Waals surface area contributed by atoms with E-state index in [1.54, 1.807) is 42.5 Å². The Balaban J connectivity index is 1.72. The van der Waals surface area contributed by atoms with Crippen LogP contribution >= 0.6 is 39.3 Å². The molecular formula is C22H20BrClN4O2S. The molecule has 3 rings (SSSR count). The van der Waals surface area contributed by atoms with E-state index in [-0.39, 0.29) is 17.4 Å². The van der Waals surface area contributed by atoms with Gasteiger partial charge in [0.1, 0.15) is 0 Å². The fraction of sp³-hybridized carbons (Fsp3) is 0.182. The third-order valence-corrected chi connectivity index (χ3v) is 6.23. The maximum absolute atomic E-state index is 12.6. The molecule has 2 aromatic carbocycles. The molecule has 0 aliphatic rings. The van der Waals surface area contributed by atoms with E-state index in [0.29, 0.717) is 33.7 Å². The molecule has 0 spiro atoms. The van der Waals surface area contributed by atoms with Gasteiger partial charge in [-0.25, -0.2) is 0 Å². The van der Waals surface area contributed by atoms with Crippen LogP contribution < -0.4 is 5.32 Å². The summed E-state index contributed by atoms with van der Waals surface area (Å²) in [6.45, 7) is 6.05. The van der Waals surface area contributed by atoms with Crippen molar-refractivity contribution in [3.05, 3.63) is 87.6 Å². The first kappa shape index (κ1) is 23.2. The Morgan fingerprint density at radius 1 is 1.23 bits per heavy atom. The van der Waals surface area contributed by atoms with E-state index in [0.717, 1.165) is 4.47 Å². The molecule has 9 heteroatoms. The number of carbonyl (C=O) groups excluding carboxylic acids is 2. The van der Waals surface area contributed by atoms with Crippen LogP contribution in [0.25, 0.3) is 0 Å². The van der Waals surface area contributed by atoms with Gasteiger partial charge in [-0.2, -0.15) is 0 Å². The SMILES string of the molecule is C=CCn1c(SCC(=O)c2ccc(Br)cc2)nnc1[C@H](C)NC(=O)c1ccccc1Cl. The van der Waals surface area contributed by atoms with Crippen molar-refractivity contribution in [2.75, 3.05) is 5.75 Å². The predicted octanol–water partition coefficient (Wildman–Crippen LogP) is 5.35. The lowest BCUT2D eigenvalue weighted by atomic mass is 10.2. The van der Waals surface area contributed by atoms with E-state index in [1.807, 2.05) is 23.6 Å². The quantitative estimate of drug-likeness (QED) is 0.234. The number of allylic oxidation sites excluding steroid dienone is 1. The maximum Gasteiger partial charge on any atom is 0.253 e. The minimum atomic E-state index is -0.423. The first-order chi connectivity index (χ1) is 14.9. The van der Waals surface area contributed by atoms with E-state index in [9.17, 15) is 9.59 Å². The number of carbonyl (C=O) groups is 2. The van der Waals surface area contributed by atoms with Gasteiger partial charge in [-0.15, -0.1) is 16.8 Å². The van der Waals surface area contributed by atoms with Crippen molar-refractivity contribution in [1.82, 2.24) is 20.1 Å². The van der Waals surface area contributed by atoms with E-state index >= 15 is 0 Å². The molecule has 0 bridgehead atoms. The lowest BCUT2D eigenvalue weighted by Crippen LogP contribution is -2.29. The Morgan fingerprint density at radius 3 is 2.61 bits per heavy atom. The molecule has 1 aromatic heterocycles. The highest BCUT2D eigenvalue weighted by atomic mass is 79.9. The fourth-order valence-corrected chi connectivity index (χ4v) is 4.20. The summed E-state index contributed by atoms with van der Waals surface area (Å²) in [6.07, 6.45) is 1.72. The van der Waals surface area contributed by atoms with Gasteiger partial charge in [-0.05, 0) is 31.2 Å². The zero-order valence-corrected chi connectivity index (χ0v) is 19.9. The number of benzene rings is 2. The van der Waals surface area contributed by atoms with Crippen molar-refractivity contribution in [2.24, 2.45) is 0 Å². The smallest absolute Gasteiger partial charge is 0.253 e. The van der Waals surface area contributed by atoms with Gasteiger partial charge in [0.25, 0.3) is 5.91 Å². The third-order valence-electron chi connectivity index (χ3n) is 4.41. The average molecular weight is 520 g/mol. The molecule has 1 amide bonds. The van der Waals surface area contributed by atoms with Gasteiger partial charge in [0, 0.05) is 16.6 Å². The lowest BCUT2D eigenvalue weighted by molar-refractivity contribution is 0.0937. The topological polar surface area (TPSA) is 76.9 Å². The lowest BCUT2D eigenvalue weighted by Gasteiger charge is -2.15. The highest BCUT2D eigenvalue weighted by Crippen LogP contribution is 2.23. The summed E-state index contributed by atoms with van der Waals surface area (Å²) in [5.41, 5.74) is 1.02. The molecule has 1 heterocycles. The molecule has 1 N–H and O–H groups in total. The number of nitrogens with one attached hydrogen (secondary N) is 1. The van der Waals surface area contributed by atoms with Crippen molar-refractivity contribution >= 4 is 51.0 Å². The third kappa shape index (κ3) is 5.84. The van der Waals surface area contributed by atoms with Crippen LogP contribution in [0.4, 0.5) is 0 Å². The van der Waals surface area contributed by atoms with Crippen molar-refractivity contribution in [1.29, 1.82) is 0 Å². The summed E-state index contributed by atoms with van der Waals surface area (Å²) in [4.78, 5) is 25.1. The first-order valence-corrected chi connectivity index (χ1v) is 11.6. The Bertz CT molecular complexity index is 1100. The molecule has 0 fully saturated rings. The van der Waals surface area contributed by atoms with Gasteiger partial charge in [0.05, 0.1) is 22.4 Å². The molecule has 0 aliphatic carbocycles. The van der Waals surface area contributed by atoms with Crippen LogP contribution in [0.1, 0.15) is 39.5 Å². The molecule has 0 aliphatic heterocycles. The fourth-order valence-electron chi connectivity index (χ4n) is 2.86. The van der Waals surface area contributed by atoms with E-state index < -0.39 is 6.04 Å². The number of nitrogens with zero attached hydrogens (tertiary/aromatic N) is 3. The number of hydrogen-bond donors (Lipinski definition) is 1. The molecule has 6 nitrogen and oxygen atoms in total. The molecule has 0 radical (unpaired) electrons. The predicted molar refractivity (Wildman–Crippen MR) is 127 cm³/mol. The standard InChI is InChI=1S/C22H20BrClN4O2S/c1-3-12-28-20(14(2)25-21(30)17-6-4-5-7-18(17)24)26-27-22(28)31-13-19(29)15-8-10-16(23)11-9-15/h3-11,14H,1,12-13H2,2H3,(H,25,30)/t14-/m0/s1. The van der Waals surface area contributed by atoms with E-state index in [2.05, 4.69) is 38.0 Å². The summed E-state index contributed by atoms with van der Waals surface area (Å²) >= 11 is 10.8. The summed E-state index contributed by atoms with van der Waals surface area (Å²) < 4.78 is 2.75. The first-order valence-electron chi connectivity index (χ1n) is 9.41. The molecule has 0 unspecified atom stereocenters. The van der Waals surface area contributed by atoms with Crippen LogP contribution in [-0.4, -0.2) is 32.2 Å². The second-order valence-corrected chi connectivity index (χ2v) is 8.90. The van der Waals surface area contributed by atoms with Crippen molar-refractivity contribution in [3.8, 4) is 0 Å². The Morgan fingerprint density at radius 2 is 1.94 bits per heavy atom. The molecule has 0 saturated heterocycles. The molecule has 160 valence electrons. The maximum atomic E-state index is 12.6. The number of hydrogen-bond acceptors (Lipinski definition) is 5. The van der Waals surface area contributed by atoms with Gasteiger partial charge in [-0.1, -0.05) is 69.6 Å². The Kier molecular flexibility index (Phi) is 8.06. The summed E-state index contributed by atoms with van der Waals surface area (Å²) in [5.74, 6) is 0.481. The Hall–Kier alpha value is -2.42. The highest BCUT2D eigenvalue weighted by Gasteiger charge is 2.21. The number of Topliss-reactive ketones (excluding diaryl/α,β-unsaturated/α-hetero) is 1. The van der Waals surface area contributed by atoms with Crippen molar-refractivity contribution in [2.45, 2.75) is 24.7 Å². The largest absolute Gasteiger partial charge is 0.342 e. The number of ketones is 1. The van der Waals surface area contributed by atoms with E-state index in [1.165, 1.54) is 11.8 Å². The molecule has 3 aromatic rings. The van der Waals surface area contributed by atoms with Gasteiger partial charge >= 0.3 is 0 Å². The van der Waals surface area contributed by atoms with Crippen molar-refractivity contribution in [3.63, 3.8) is 0 Å². The van der Waals surface area contributed by atoms with Crippen LogP contribution in [0.2, 0.25) is 5.02 Å². The van der Waals surface area contributed by atoms with Crippen molar-refractivity contribution < 1.29 is 9.59 Å². The second-order valence-electron chi connectivity index (χ2n) is 6.63. The number of aromatic nitrogens is 3. The number of amides is 1. The summed E-state index contributed by atoms with van der Waals surface area (Å²) in [7, 11) is 0. The number of rotatable bonds is 9. The molecular weight excluding hydrogens is 500 g/mol. The average Bonchev–Trinajstić information content (AvgIpc) is 3.15. The normalized spacial score (nSPS) is 11.7. The minimum Gasteiger partial charge on any atom is -0.342 e. The Labute approximate surface area is 198 Å².